The fourth-order valence-corrected chi connectivity index (χ4v) is 2.40. The number of carbonyl (C=O) groups is 2. The van der Waals surface area contributed by atoms with Gasteiger partial charge in [-0.25, -0.2) is 0 Å². The minimum Gasteiger partial charge on any atom is -0.423 e. The van der Waals surface area contributed by atoms with E-state index in [0.29, 0.717) is 22.0 Å². The number of halogens is 2. The van der Waals surface area contributed by atoms with Crippen molar-refractivity contribution in [3.63, 3.8) is 0 Å². The van der Waals surface area contributed by atoms with E-state index in [4.69, 9.17) is 27.9 Å². The van der Waals surface area contributed by atoms with E-state index in [2.05, 4.69) is 0 Å². The zero-order chi connectivity index (χ0) is 15.6. The molecule has 1 aromatic heterocycles. The molecular formula is C15H13Cl2NO3. The molecule has 0 radical (unpaired) electrons. The Morgan fingerprint density at radius 2 is 2.05 bits per heavy atom. The van der Waals surface area contributed by atoms with Gasteiger partial charge in [0.2, 0.25) is 0 Å². The molecule has 0 saturated heterocycles. The molecule has 0 saturated carbocycles. The standard InChI is InChI=1S/C15H13Cl2NO3/c1-9-5-11(8-19)10(2)18(9)13-6-12(17)3-4-14(13)21-15(20)7-16/h3-6,8H,7H2,1-2H3. The van der Waals surface area contributed by atoms with Crippen LogP contribution in [-0.2, 0) is 4.79 Å². The van der Waals surface area contributed by atoms with Crippen molar-refractivity contribution in [1.82, 2.24) is 4.57 Å². The second-order valence-electron chi connectivity index (χ2n) is 4.50. The minimum atomic E-state index is -0.557. The lowest BCUT2D eigenvalue weighted by Crippen LogP contribution is -2.12. The zero-order valence-corrected chi connectivity index (χ0v) is 13.0. The van der Waals surface area contributed by atoms with Crippen LogP contribution in [-0.4, -0.2) is 22.7 Å². The summed E-state index contributed by atoms with van der Waals surface area (Å²) in [5, 5.41) is 0.496. The number of carbonyl (C=O) groups excluding carboxylic acids is 2. The number of hydrogen-bond acceptors (Lipinski definition) is 3. The monoisotopic (exact) mass is 325 g/mol. The summed E-state index contributed by atoms with van der Waals surface area (Å²) in [5.74, 6) is -0.465. The van der Waals surface area contributed by atoms with Crippen molar-refractivity contribution in [2.45, 2.75) is 13.8 Å². The molecule has 0 aliphatic heterocycles. The molecule has 0 N–H and O–H groups in total. The summed E-state index contributed by atoms with van der Waals surface area (Å²) in [7, 11) is 0. The molecule has 0 fully saturated rings. The van der Waals surface area contributed by atoms with Crippen LogP contribution in [0.1, 0.15) is 21.7 Å². The summed E-state index contributed by atoms with van der Waals surface area (Å²) in [4.78, 5) is 22.5. The number of aldehydes is 1. The van der Waals surface area contributed by atoms with E-state index in [0.717, 1.165) is 17.7 Å². The van der Waals surface area contributed by atoms with Gasteiger partial charge in [-0.2, -0.15) is 0 Å². The van der Waals surface area contributed by atoms with Crippen molar-refractivity contribution in [2.75, 3.05) is 5.88 Å². The van der Waals surface area contributed by atoms with Gasteiger partial charge in [0.05, 0.1) is 5.69 Å². The Balaban J connectivity index is 2.62. The van der Waals surface area contributed by atoms with Gasteiger partial charge in [-0.3, -0.25) is 9.59 Å². The minimum absolute atomic E-state index is 0.245. The van der Waals surface area contributed by atoms with Crippen LogP contribution < -0.4 is 4.74 Å². The van der Waals surface area contributed by atoms with Crippen molar-refractivity contribution in [3.8, 4) is 11.4 Å². The Hall–Kier alpha value is -1.78. The SMILES string of the molecule is Cc1cc(C=O)c(C)n1-c1cc(Cl)ccc1OC(=O)CCl. The number of aryl methyl sites for hydroxylation is 1. The van der Waals surface area contributed by atoms with E-state index >= 15 is 0 Å². The number of hydrogen-bond donors (Lipinski definition) is 0. The third kappa shape index (κ3) is 3.12. The molecule has 0 amide bonds. The Labute approximate surface area is 132 Å². The summed E-state index contributed by atoms with van der Waals surface area (Å²) in [5.41, 5.74) is 2.74. The Bertz CT molecular complexity index is 707. The molecule has 110 valence electrons. The predicted octanol–water partition coefficient (Wildman–Crippen LogP) is 3.70. The fourth-order valence-electron chi connectivity index (χ4n) is 2.18. The van der Waals surface area contributed by atoms with Crippen LogP contribution in [0.5, 0.6) is 5.75 Å². The summed E-state index contributed by atoms with van der Waals surface area (Å²) in [6.45, 7) is 3.67. The largest absolute Gasteiger partial charge is 0.423 e. The van der Waals surface area contributed by atoms with Gasteiger partial charge in [-0.15, -0.1) is 11.6 Å². The molecule has 4 nitrogen and oxygen atoms in total. The second-order valence-corrected chi connectivity index (χ2v) is 5.20. The maximum absolute atomic E-state index is 11.4. The number of rotatable bonds is 4. The van der Waals surface area contributed by atoms with E-state index < -0.39 is 5.97 Å². The number of nitrogens with zero attached hydrogens (tertiary/aromatic N) is 1. The van der Waals surface area contributed by atoms with Crippen LogP contribution in [0.25, 0.3) is 5.69 Å². The molecular weight excluding hydrogens is 313 g/mol. The lowest BCUT2D eigenvalue weighted by Gasteiger charge is -2.14. The first kappa shape index (κ1) is 15.6. The number of aromatic nitrogens is 1. The first-order chi connectivity index (χ1) is 9.97. The molecule has 0 unspecified atom stereocenters. The Morgan fingerprint density at radius 1 is 1.33 bits per heavy atom. The average molecular weight is 326 g/mol. The van der Waals surface area contributed by atoms with Crippen LogP contribution in [0, 0.1) is 13.8 Å². The molecule has 0 bridgehead atoms. The first-order valence-corrected chi connectivity index (χ1v) is 7.10. The van der Waals surface area contributed by atoms with Crippen molar-refractivity contribution in [2.24, 2.45) is 0 Å². The molecule has 2 aromatic rings. The van der Waals surface area contributed by atoms with Crippen molar-refractivity contribution < 1.29 is 14.3 Å². The maximum atomic E-state index is 11.4. The average Bonchev–Trinajstić information content (AvgIpc) is 2.75. The van der Waals surface area contributed by atoms with Crippen LogP contribution in [0.4, 0.5) is 0 Å². The zero-order valence-electron chi connectivity index (χ0n) is 11.5. The van der Waals surface area contributed by atoms with E-state index in [9.17, 15) is 9.59 Å². The molecule has 0 spiro atoms. The topological polar surface area (TPSA) is 48.3 Å². The third-order valence-corrected chi connectivity index (χ3v) is 3.55. The highest BCUT2D eigenvalue weighted by atomic mass is 35.5. The third-order valence-electron chi connectivity index (χ3n) is 3.09. The molecule has 2 rings (SSSR count). The van der Waals surface area contributed by atoms with Crippen molar-refractivity contribution in [3.05, 3.63) is 46.2 Å². The maximum Gasteiger partial charge on any atom is 0.326 e. The molecule has 6 heteroatoms. The molecule has 0 atom stereocenters. The van der Waals surface area contributed by atoms with Gasteiger partial charge in [0, 0.05) is 22.0 Å². The quantitative estimate of drug-likeness (QED) is 0.372. The highest BCUT2D eigenvalue weighted by Gasteiger charge is 2.16. The van der Waals surface area contributed by atoms with Gasteiger partial charge in [0.15, 0.2) is 12.0 Å². The van der Waals surface area contributed by atoms with Gasteiger partial charge in [0.1, 0.15) is 5.88 Å². The summed E-state index contributed by atoms with van der Waals surface area (Å²) >= 11 is 11.5. The molecule has 0 aliphatic rings. The van der Waals surface area contributed by atoms with Crippen LogP contribution in [0.3, 0.4) is 0 Å². The Kier molecular flexibility index (Phi) is 4.70. The van der Waals surface area contributed by atoms with Gasteiger partial charge in [-0.05, 0) is 38.1 Å². The molecule has 0 aliphatic carbocycles. The van der Waals surface area contributed by atoms with Gasteiger partial charge < -0.3 is 9.30 Å². The fraction of sp³-hybridized carbons (Fsp3) is 0.200. The van der Waals surface area contributed by atoms with Gasteiger partial charge >= 0.3 is 5.97 Å². The number of ether oxygens (including phenoxy) is 1. The van der Waals surface area contributed by atoms with Gasteiger partial charge in [0.25, 0.3) is 0 Å². The van der Waals surface area contributed by atoms with Crippen LogP contribution >= 0.6 is 23.2 Å². The summed E-state index contributed by atoms with van der Waals surface area (Å²) in [6, 6.07) is 6.65. The number of alkyl halides is 1. The first-order valence-electron chi connectivity index (χ1n) is 6.18. The van der Waals surface area contributed by atoms with E-state index in [1.807, 2.05) is 18.4 Å². The smallest absolute Gasteiger partial charge is 0.326 e. The highest BCUT2D eigenvalue weighted by molar-refractivity contribution is 6.30. The second kappa shape index (κ2) is 6.33. The molecule has 1 aromatic carbocycles. The van der Waals surface area contributed by atoms with Gasteiger partial charge in [-0.1, -0.05) is 11.6 Å². The summed E-state index contributed by atoms with van der Waals surface area (Å²) in [6.07, 6.45) is 0.786. The van der Waals surface area contributed by atoms with E-state index in [1.54, 1.807) is 24.3 Å². The predicted molar refractivity (Wildman–Crippen MR) is 82.0 cm³/mol. The number of esters is 1. The number of benzene rings is 1. The van der Waals surface area contributed by atoms with Crippen LogP contribution in [0.15, 0.2) is 24.3 Å². The van der Waals surface area contributed by atoms with E-state index in [1.165, 1.54) is 0 Å². The Morgan fingerprint density at radius 3 is 2.62 bits per heavy atom. The molecule has 1 heterocycles. The normalized spacial score (nSPS) is 10.5. The van der Waals surface area contributed by atoms with Crippen molar-refractivity contribution in [1.29, 1.82) is 0 Å². The van der Waals surface area contributed by atoms with E-state index in [-0.39, 0.29) is 5.88 Å². The lowest BCUT2D eigenvalue weighted by atomic mass is 10.2. The van der Waals surface area contributed by atoms with Crippen LogP contribution in [0.2, 0.25) is 5.02 Å². The highest BCUT2D eigenvalue weighted by Crippen LogP contribution is 2.30. The lowest BCUT2D eigenvalue weighted by molar-refractivity contribution is -0.131. The molecule has 21 heavy (non-hydrogen) atoms. The van der Waals surface area contributed by atoms with Crippen molar-refractivity contribution >= 4 is 35.5 Å². The summed E-state index contributed by atoms with van der Waals surface area (Å²) < 4.78 is 7.03.